The Labute approximate surface area is 164 Å². The number of nitrogens with one attached hydrogen (secondary N) is 3. The number of aromatic amines is 1. The summed E-state index contributed by atoms with van der Waals surface area (Å²) in [5, 5.41) is 16.6. The highest BCUT2D eigenvalue weighted by molar-refractivity contribution is 6.30. The maximum Gasteiger partial charge on any atom is 0.347 e. The second-order valence-electron chi connectivity index (χ2n) is 5.81. The van der Waals surface area contributed by atoms with E-state index in [2.05, 4.69) is 25.8 Å². The van der Waals surface area contributed by atoms with Crippen molar-refractivity contribution < 1.29 is 9.90 Å². The van der Waals surface area contributed by atoms with E-state index in [-0.39, 0.29) is 17.1 Å². The number of phenols is 1. The van der Waals surface area contributed by atoms with Crippen LogP contribution in [0.2, 0.25) is 5.02 Å². The maximum absolute atomic E-state index is 12.7. The van der Waals surface area contributed by atoms with Crippen molar-refractivity contribution >= 4 is 35.2 Å². The monoisotopic (exact) mass is 397 g/mol. The van der Waals surface area contributed by atoms with Crippen molar-refractivity contribution in [3.8, 4) is 5.75 Å². The number of phenolic OH excluding ortho intramolecular Hbond substituents is 1. The molecule has 1 aromatic heterocycles. The number of nitrogens with zero attached hydrogens (tertiary/aromatic N) is 2. The SMILES string of the molecule is Cc1[nH]c(=O)nc(N/N=C\c2ccc(O)cc2)c1C(=O)Nc1ccc(Cl)cc1. The van der Waals surface area contributed by atoms with E-state index in [1.54, 1.807) is 43.3 Å². The summed E-state index contributed by atoms with van der Waals surface area (Å²) in [6.07, 6.45) is 1.47. The lowest BCUT2D eigenvalue weighted by molar-refractivity contribution is 0.102. The third-order valence-corrected chi connectivity index (χ3v) is 3.98. The Kier molecular flexibility index (Phi) is 5.71. The summed E-state index contributed by atoms with van der Waals surface area (Å²) in [6, 6.07) is 13.0. The zero-order valence-corrected chi connectivity index (χ0v) is 15.5. The second kappa shape index (κ2) is 8.36. The van der Waals surface area contributed by atoms with Gasteiger partial charge in [-0.1, -0.05) is 11.6 Å². The lowest BCUT2D eigenvalue weighted by atomic mass is 10.2. The molecule has 1 heterocycles. The van der Waals surface area contributed by atoms with E-state index in [4.69, 9.17) is 11.6 Å². The van der Waals surface area contributed by atoms with Gasteiger partial charge in [-0.15, -0.1) is 0 Å². The zero-order valence-electron chi connectivity index (χ0n) is 14.7. The van der Waals surface area contributed by atoms with Crippen molar-refractivity contribution in [3.05, 3.63) is 80.9 Å². The van der Waals surface area contributed by atoms with E-state index in [9.17, 15) is 14.7 Å². The van der Waals surface area contributed by atoms with Crippen LogP contribution in [-0.4, -0.2) is 27.2 Å². The quantitative estimate of drug-likeness (QED) is 0.389. The van der Waals surface area contributed by atoms with E-state index in [1.807, 2.05) is 0 Å². The minimum Gasteiger partial charge on any atom is -0.508 e. The van der Waals surface area contributed by atoms with Crippen molar-refractivity contribution in [2.24, 2.45) is 5.10 Å². The van der Waals surface area contributed by atoms with Crippen LogP contribution in [-0.2, 0) is 0 Å². The van der Waals surface area contributed by atoms with Crippen molar-refractivity contribution in [1.29, 1.82) is 0 Å². The molecule has 0 aliphatic carbocycles. The van der Waals surface area contributed by atoms with Crippen LogP contribution >= 0.6 is 11.6 Å². The summed E-state index contributed by atoms with van der Waals surface area (Å²) in [5.74, 6) is -0.313. The Balaban J connectivity index is 1.84. The van der Waals surface area contributed by atoms with E-state index in [0.29, 0.717) is 22.0 Å². The normalized spacial score (nSPS) is 10.8. The molecule has 142 valence electrons. The third kappa shape index (κ3) is 4.74. The molecule has 3 aromatic rings. The number of aromatic nitrogens is 2. The van der Waals surface area contributed by atoms with Gasteiger partial charge in [-0.05, 0) is 61.0 Å². The fourth-order valence-corrected chi connectivity index (χ4v) is 2.53. The Morgan fingerprint density at radius 1 is 1.18 bits per heavy atom. The number of anilines is 2. The average molecular weight is 398 g/mol. The largest absolute Gasteiger partial charge is 0.508 e. The van der Waals surface area contributed by atoms with Crippen LogP contribution in [0.4, 0.5) is 11.5 Å². The molecule has 0 saturated carbocycles. The third-order valence-electron chi connectivity index (χ3n) is 3.73. The fraction of sp³-hybridized carbons (Fsp3) is 0.0526. The number of rotatable bonds is 5. The molecule has 0 spiro atoms. The smallest absolute Gasteiger partial charge is 0.347 e. The Bertz CT molecular complexity index is 1080. The number of amides is 1. The molecular formula is C19H16ClN5O3. The van der Waals surface area contributed by atoms with Gasteiger partial charge in [-0.3, -0.25) is 10.2 Å². The van der Waals surface area contributed by atoms with Crippen LogP contribution in [0.1, 0.15) is 21.6 Å². The van der Waals surface area contributed by atoms with Gasteiger partial charge in [0.1, 0.15) is 11.3 Å². The lowest BCUT2D eigenvalue weighted by Gasteiger charge is -2.11. The van der Waals surface area contributed by atoms with Crippen LogP contribution in [0.15, 0.2) is 58.4 Å². The molecular weight excluding hydrogens is 382 g/mol. The number of aromatic hydroxyl groups is 1. The molecule has 0 bridgehead atoms. The molecule has 28 heavy (non-hydrogen) atoms. The van der Waals surface area contributed by atoms with Crippen LogP contribution in [0.5, 0.6) is 5.75 Å². The Morgan fingerprint density at radius 3 is 2.54 bits per heavy atom. The van der Waals surface area contributed by atoms with Crippen LogP contribution < -0.4 is 16.4 Å². The molecule has 9 heteroatoms. The Morgan fingerprint density at radius 2 is 1.86 bits per heavy atom. The highest BCUT2D eigenvalue weighted by Crippen LogP contribution is 2.18. The van der Waals surface area contributed by atoms with Crippen LogP contribution in [0.25, 0.3) is 0 Å². The summed E-state index contributed by atoms with van der Waals surface area (Å²) in [4.78, 5) is 30.7. The van der Waals surface area contributed by atoms with E-state index >= 15 is 0 Å². The van der Waals surface area contributed by atoms with Gasteiger partial charge in [0.05, 0.1) is 6.21 Å². The minimum atomic E-state index is -0.608. The van der Waals surface area contributed by atoms with Crippen molar-refractivity contribution in [3.63, 3.8) is 0 Å². The number of hydrogen-bond acceptors (Lipinski definition) is 6. The topological polar surface area (TPSA) is 119 Å². The molecule has 0 aliphatic heterocycles. The molecule has 0 radical (unpaired) electrons. The number of carbonyl (C=O) groups excluding carboxylic acids is 1. The van der Waals surface area contributed by atoms with Crippen molar-refractivity contribution in [2.75, 3.05) is 10.7 Å². The lowest BCUT2D eigenvalue weighted by Crippen LogP contribution is -2.22. The molecule has 8 nitrogen and oxygen atoms in total. The van der Waals surface area contributed by atoms with E-state index in [1.165, 1.54) is 18.3 Å². The summed E-state index contributed by atoms with van der Waals surface area (Å²) in [7, 11) is 0. The minimum absolute atomic E-state index is 0.0164. The number of aryl methyl sites for hydroxylation is 1. The number of carbonyl (C=O) groups is 1. The predicted octanol–water partition coefficient (Wildman–Crippen LogP) is 3.14. The highest BCUT2D eigenvalue weighted by Gasteiger charge is 2.17. The standard InChI is InChI=1S/C19H16ClN5O3/c1-11-16(18(27)23-14-6-4-13(20)5-7-14)17(24-19(28)22-11)25-21-10-12-2-8-15(26)9-3-12/h2-10,26H,1H3,(H,23,27)(H2,22,24,25,28)/b21-10-. The van der Waals surface area contributed by atoms with Crippen LogP contribution in [0, 0.1) is 6.92 Å². The molecule has 0 saturated heterocycles. The molecule has 0 unspecified atom stereocenters. The molecule has 3 rings (SSSR count). The first-order valence-electron chi connectivity index (χ1n) is 8.18. The fourth-order valence-electron chi connectivity index (χ4n) is 2.40. The molecule has 0 fully saturated rings. The summed E-state index contributed by atoms with van der Waals surface area (Å²) in [6.45, 7) is 1.59. The van der Waals surface area contributed by atoms with Gasteiger partial charge < -0.3 is 15.4 Å². The molecule has 1 amide bonds. The maximum atomic E-state index is 12.7. The number of benzene rings is 2. The molecule has 0 atom stereocenters. The van der Waals surface area contributed by atoms with Gasteiger partial charge in [-0.2, -0.15) is 10.1 Å². The second-order valence-corrected chi connectivity index (χ2v) is 6.25. The summed E-state index contributed by atoms with van der Waals surface area (Å²) >= 11 is 5.85. The van der Waals surface area contributed by atoms with Crippen molar-refractivity contribution in [2.45, 2.75) is 6.92 Å². The van der Waals surface area contributed by atoms with Gasteiger partial charge in [0.15, 0.2) is 5.82 Å². The first-order chi connectivity index (χ1) is 13.4. The summed E-state index contributed by atoms with van der Waals surface area (Å²) in [5.41, 5.74) is 3.76. The van der Waals surface area contributed by atoms with Crippen LogP contribution in [0.3, 0.4) is 0 Å². The average Bonchev–Trinajstić information content (AvgIpc) is 2.64. The van der Waals surface area contributed by atoms with Gasteiger partial charge in [-0.25, -0.2) is 4.79 Å². The highest BCUT2D eigenvalue weighted by atomic mass is 35.5. The number of halogens is 1. The number of hydrogen-bond donors (Lipinski definition) is 4. The van der Waals surface area contributed by atoms with Gasteiger partial charge in [0, 0.05) is 16.4 Å². The number of hydrazone groups is 1. The van der Waals surface area contributed by atoms with Gasteiger partial charge in [0.2, 0.25) is 0 Å². The van der Waals surface area contributed by atoms with E-state index < -0.39 is 11.6 Å². The summed E-state index contributed by atoms with van der Waals surface area (Å²) < 4.78 is 0. The van der Waals surface area contributed by atoms with Gasteiger partial charge >= 0.3 is 5.69 Å². The van der Waals surface area contributed by atoms with Gasteiger partial charge in [0.25, 0.3) is 5.91 Å². The zero-order chi connectivity index (χ0) is 20.1. The first kappa shape index (κ1) is 19.1. The predicted molar refractivity (Wildman–Crippen MR) is 108 cm³/mol. The molecule has 0 aliphatic rings. The van der Waals surface area contributed by atoms with Crippen molar-refractivity contribution in [1.82, 2.24) is 9.97 Å². The Hall–Kier alpha value is -3.65. The number of H-pyrrole nitrogens is 1. The molecule has 4 N–H and O–H groups in total. The van der Waals surface area contributed by atoms with E-state index in [0.717, 1.165) is 0 Å². The molecule has 2 aromatic carbocycles. The first-order valence-corrected chi connectivity index (χ1v) is 8.56.